The molecule has 50 heavy (non-hydrogen) atoms. The lowest BCUT2D eigenvalue weighted by Crippen LogP contribution is -2.00. The van der Waals surface area contributed by atoms with Crippen LogP contribution in [0.4, 0.5) is 0 Å². The van der Waals surface area contributed by atoms with Crippen LogP contribution in [0, 0.1) is 0 Å². The maximum atomic E-state index is 6.65. The van der Waals surface area contributed by atoms with E-state index in [1.165, 1.54) is 11.1 Å². The van der Waals surface area contributed by atoms with Gasteiger partial charge in [-0.25, -0.2) is 15.0 Å². The molecule has 0 unspecified atom stereocenters. The van der Waals surface area contributed by atoms with E-state index in [2.05, 4.69) is 84.9 Å². The third kappa shape index (κ3) is 4.60. The highest BCUT2D eigenvalue weighted by Crippen LogP contribution is 2.41. The Hall–Kier alpha value is -6.85. The van der Waals surface area contributed by atoms with Crippen molar-refractivity contribution < 1.29 is 8.83 Å². The zero-order valence-electron chi connectivity index (χ0n) is 26.7. The summed E-state index contributed by atoms with van der Waals surface area (Å²) in [5.41, 5.74) is 10.2. The molecule has 0 spiro atoms. The van der Waals surface area contributed by atoms with Crippen molar-refractivity contribution in [3.05, 3.63) is 164 Å². The molecule has 0 atom stereocenters. The quantitative estimate of drug-likeness (QED) is 0.187. The van der Waals surface area contributed by atoms with Gasteiger partial charge in [-0.3, -0.25) is 0 Å². The van der Waals surface area contributed by atoms with E-state index in [-0.39, 0.29) is 0 Å². The Balaban J connectivity index is 1.17. The van der Waals surface area contributed by atoms with E-state index in [4.69, 9.17) is 23.8 Å². The van der Waals surface area contributed by atoms with Gasteiger partial charge in [-0.15, -0.1) is 0 Å². The van der Waals surface area contributed by atoms with E-state index in [0.717, 1.165) is 71.7 Å². The summed E-state index contributed by atoms with van der Waals surface area (Å²) in [7, 11) is 0. The van der Waals surface area contributed by atoms with Crippen LogP contribution in [-0.4, -0.2) is 15.0 Å². The second-order valence-electron chi connectivity index (χ2n) is 12.4. The first-order valence-electron chi connectivity index (χ1n) is 16.6. The minimum absolute atomic E-state index is 0.544. The van der Waals surface area contributed by atoms with Crippen LogP contribution in [0.1, 0.15) is 0 Å². The van der Waals surface area contributed by atoms with Gasteiger partial charge in [0.15, 0.2) is 17.5 Å². The third-order valence-corrected chi connectivity index (χ3v) is 9.38. The van der Waals surface area contributed by atoms with Gasteiger partial charge in [0, 0.05) is 38.2 Å². The van der Waals surface area contributed by atoms with E-state index in [1.54, 1.807) is 0 Å². The molecule has 7 aromatic carbocycles. The molecule has 0 bridgehead atoms. The van der Waals surface area contributed by atoms with Crippen LogP contribution in [0.5, 0.6) is 0 Å². The van der Waals surface area contributed by atoms with E-state index >= 15 is 0 Å². The summed E-state index contributed by atoms with van der Waals surface area (Å²) in [5, 5.41) is 4.04. The Morgan fingerprint density at radius 1 is 0.300 bits per heavy atom. The normalized spacial score (nSPS) is 11.6. The molecule has 10 aromatic rings. The van der Waals surface area contributed by atoms with Crippen molar-refractivity contribution in [1.29, 1.82) is 0 Å². The predicted octanol–water partition coefficient (Wildman–Crippen LogP) is 12.0. The lowest BCUT2D eigenvalue weighted by Gasteiger charge is -2.09. The topological polar surface area (TPSA) is 65.0 Å². The second-order valence-corrected chi connectivity index (χ2v) is 12.4. The first-order valence-corrected chi connectivity index (χ1v) is 16.6. The molecule has 0 aliphatic heterocycles. The molecular formula is C45H27N3O2. The summed E-state index contributed by atoms with van der Waals surface area (Å²) in [4.78, 5) is 15.3. The first-order chi connectivity index (χ1) is 24.8. The van der Waals surface area contributed by atoms with Gasteiger partial charge in [0.25, 0.3) is 0 Å². The second kappa shape index (κ2) is 11.4. The highest BCUT2D eigenvalue weighted by Gasteiger charge is 2.21. The maximum Gasteiger partial charge on any atom is 0.167 e. The molecule has 0 aliphatic rings. The number of nitrogens with zero attached hydrogens (tertiary/aromatic N) is 3. The summed E-state index contributed by atoms with van der Waals surface area (Å²) in [6, 6.07) is 55.7. The van der Waals surface area contributed by atoms with Gasteiger partial charge >= 0.3 is 0 Å². The van der Waals surface area contributed by atoms with E-state index in [0.29, 0.717) is 17.5 Å². The summed E-state index contributed by atoms with van der Waals surface area (Å²) in [6.45, 7) is 0. The average Bonchev–Trinajstić information content (AvgIpc) is 3.77. The summed E-state index contributed by atoms with van der Waals surface area (Å²) in [5.74, 6) is 1.69. The van der Waals surface area contributed by atoms with Gasteiger partial charge in [-0.2, -0.15) is 0 Å². The van der Waals surface area contributed by atoms with Crippen LogP contribution in [0.2, 0.25) is 0 Å². The van der Waals surface area contributed by atoms with E-state index < -0.39 is 0 Å². The number of aromatic nitrogens is 3. The molecular weight excluding hydrogens is 615 g/mol. The molecule has 0 fully saturated rings. The monoisotopic (exact) mass is 641 g/mol. The highest BCUT2D eigenvalue weighted by molar-refractivity contribution is 6.15. The molecule has 0 N–H and O–H groups in total. The summed E-state index contributed by atoms with van der Waals surface area (Å²) >= 11 is 0. The summed E-state index contributed by atoms with van der Waals surface area (Å²) < 4.78 is 13.1. The maximum absolute atomic E-state index is 6.65. The third-order valence-electron chi connectivity index (χ3n) is 9.38. The van der Waals surface area contributed by atoms with Gasteiger partial charge in [-0.1, -0.05) is 146 Å². The van der Waals surface area contributed by atoms with Gasteiger partial charge in [0.05, 0.1) is 5.56 Å². The van der Waals surface area contributed by atoms with Crippen molar-refractivity contribution in [2.75, 3.05) is 0 Å². The molecule has 3 heterocycles. The number of rotatable bonds is 5. The van der Waals surface area contributed by atoms with Crippen molar-refractivity contribution in [3.8, 4) is 56.4 Å². The molecule has 5 nitrogen and oxygen atoms in total. The fourth-order valence-electron chi connectivity index (χ4n) is 6.99. The zero-order chi connectivity index (χ0) is 33.0. The van der Waals surface area contributed by atoms with Crippen LogP contribution in [0.15, 0.2) is 173 Å². The zero-order valence-corrected chi connectivity index (χ0v) is 26.7. The highest BCUT2D eigenvalue weighted by atomic mass is 16.3. The average molecular weight is 642 g/mol. The SMILES string of the molecule is c1ccc(-c2ccc(-c3cccc4c3oc3cccc(-c5nc(-c6ccccc6)nc(-c6cccc7c6oc6ccccc67)n5)c34)cc2)cc1. The van der Waals surface area contributed by atoms with Crippen molar-refractivity contribution >= 4 is 43.9 Å². The largest absolute Gasteiger partial charge is 0.455 e. The smallest absolute Gasteiger partial charge is 0.167 e. The molecule has 3 aromatic heterocycles. The molecule has 10 rings (SSSR count). The molecule has 0 saturated heterocycles. The van der Waals surface area contributed by atoms with Crippen LogP contribution in [0.25, 0.3) is 100 Å². The molecule has 234 valence electrons. The number of para-hydroxylation sites is 3. The molecule has 0 aliphatic carbocycles. The molecule has 0 saturated carbocycles. The van der Waals surface area contributed by atoms with Gasteiger partial charge in [0.1, 0.15) is 22.3 Å². The van der Waals surface area contributed by atoms with Crippen LogP contribution in [0.3, 0.4) is 0 Å². The number of fused-ring (bicyclic) bond motifs is 6. The Kier molecular flexibility index (Phi) is 6.42. The van der Waals surface area contributed by atoms with Gasteiger partial charge < -0.3 is 8.83 Å². The standard InChI is InChI=1S/C45H27N3O2/c1-3-12-28(13-4-1)29-24-26-30(27-25-29)32-17-9-19-35-40-36(20-11-23-39(40)50-41(32)35)44-46-43(31-14-5-2-6-15-31)47-45(48-44)37-21-10-18-34-33-16-7-8-22-38(33)49-42(34)37/h1-27H. The van der Waals surface area contributed by atoms with Crippen LogP contribution in [-0.2, 0) is 0 Å². The van der Waals surface area contributed by atoms with Crippen molar-refractivity contribution in [2.45, 2.75) is 0 Å². The summed E-state index contributed by atoms with van der Waals surface area (Å²) in [6.07, 6.45) is 0. The lowest BCUT2D eigenvalue weighted by molar-refractivity contribution is 0.669. The predicted molar refractivity (Wildman–Crippen MR) is 202 cm³/mol. The van der Waals surface area contributed by atoms with Crippen LogP contribution < -0.4 is 0 Å². The first kappa shape index (κ1) is 28.2. The Labute approximate surface area is 287 Å². The number of hydrogen-bond acceptors (Lipinski definition) is 5. The molecule has 5 heteroatoms. The Morgan fingerprint density at radius 2 is 0.800 bits per heavy atom. The number of hydrogen-bond donors (Lipinski definition) is 0. The Morgan fingerprint density at radius 3 is 1.60 bits per heavy atom. The minimum atomic E-state index is 0.544. The van der Waals surface area contributed by atoms with Crippen LogP contribution >= 0.6 is 0 Å². The fraction of sp³-hybridized carbons (Fsp3) is 0. The van der Waals surface area contributed by atoms with Gasteiger partial charge in [-0.05, 0) is 34.9 Å². The van der Waals surface area contributed by atoms with E-state index in [1.807, 2.05) is 78.9 Å². The lowest BCUT2D eigenvalue weighted by atomic mass is 9.98. The van der Waals surface area contributed by atoms with Crippen molar-refractivity contribution in [3.63, 3.8) is 0 Å². The molecule has 0 amide bonds. The van der Waals surface area contributed by atoms with Gasteiger partial charge in [0.2, 0.25) is 0 Å². The number of benzene rings is 7. The number of furan rings is 2. The Bertz CT molecular complexity index is 2850. The van der Waals surface area contributed by atoms with Crippen molar-refractivity contribution in [2.24, 2.45) is 0 Å². The van der Waals surface area contributed by atoms with E-state index in [9.17, 15) is 0 Å². The fourth-order valence-corrected chi connectivity index (χ4v) is 6.99. The minimum Gasteiger partial charge on any atom is -0.455 e. The van der Waals surface area contributed by atoms with Crippen molar-refractivity contribution in [1.82, 2.24) is 15.0 Å². The molecule has 0 radical (unpaired) electrons.